The SMILES string of the molecule is CCCCCCCCCCCCCCCCCCCCC(=O)OC[C@H](COP(=O)(O)OC[C@@H](O)COP(=O)(O)OC[C@@H](COC(=O)CCCCCCCCCCCC)OC(=O)CCCCCCCCCC(C)C)OC(=O)CCCCCCCCCCCCCCCCCC(C)C. The molecule has 0 aliphatic rings. The van der Waals surface area contributed by atoms with Crippen molar-refractivity contribution in [2.24, 2.45) is 11.8 Å². The molecule has 0 radical (unpaired) electrons. The summed E-state index contributed by atoms with van der Waals surface area (Å²) in [7, 11) is -9.91. The summed E-state index contributed by atoms with van der Waals surface area (Å²) in [5.74, 6) is -0.618. The Morgan fingerprint density at radius 3 is 0.708 bits per heavy atom. The fraction of sp³-hybridized carbons (Fsp3) is 0.948. The molecule has 2 unspecified atom stereocenters. The lowest BCUT2D eigenvalue weighted by Gasteiger charge is -2.21. The van der Waals surface area contributed by atoms with Gasteiger partial charge in [0.05, 0.1) is 26.4 Å². The molecule has 570 valence electrons. The number of carbonyl (C=O) groups is 4. The molecular weight excluding hydrogens is 1260 g/mol. The van der Waals surface area contributed by atoms with Crippen LogP contribution in [0, 0.1) is 11.8 Å². The van der Waals surface area contributed by atoms with Crippen LogP contribution in [0.25, 0.3) is 0 Å². The van der Waals surface area contributed by atoms with Crippen LogP contribution >= 0.6 is 15.6 Å². The van der Waals surface area contributed by atoms with Gasteiger partial charge in [-0.15, -0.1) is 0 Å². The molecule has 0 rings (SSSR count). The molecule has 5 atom stereocenters. The zero-order valence-electron chi connectivity index (χ0n) is 62.7. The lowest BCUT2D eigenvalue weighted by Crippen LogP contribution is -2.30. The summed E-state index contributed by atoms with van der Waals surface area (Å²) >= 11 is 0. The van der Waals surface area contributed by atoms with Crippen LogP contribution in [0.1, 0.15) is 401 Å². The molecule has 0 heterocycles. The molecule has 0 aromatic carbocycles. The Bertz CT molecular complexity index is 1860. The molecule has 0 saturated heterocycles. The lowest BCUT2D eigenvalue weighted by molar-refractivity contribution is -0.161. The zero-order valence-corrected chi connectivity index (χ0v) is 64.5. The first-order valence-corrected chi connectivity index (χ1v) is 43.0. The van der Waals surface area contributed by atoms with Crippen LogP contribution in [0.5, 0.6) is 0 Å². The molecule has 0 fully saturated rings. The van der Waals surface area contributed by atoms with Gasteiger partial charge in [-0.1, -0.05) is 350 Å². The van der Waals surface area contributed by atoms with Crippen molar-refractivity contribution in [2.45, 2.75) is 419 Å². The number of carbonyl (C=O) groups excluding carboxylic acids is 4. The topological polar surface area (TPSA) is 237 Å². The molecule has 0 spiro atoms. The van der Waals surface area contributed by atoms with Crippen LogP contribution in [0.2, 0.25) is 0 Å². The number of aliphatic hydroxyl groups excluding tert-OH is 1. The second kappa shape index (κ2) is 68.8. The van der Waals surface area contributed by atoms with E-state index in [0.29, 0.717) is 31.6 Å². The maximum atomic E-state index is 13.1. The van der Waals surface area contributed by atoms with Crippen molar-refractivity contribution in [2.75, 3.05) is 39.6 Å². The van der Waals surface area contributed by atoms with Crippen LogP contribution in [-0.4, -0.2) is 96.7 Å². The van der Waals surface area contributed by atoms with Crippen molar-refractivity contribution >= 4 is 39.5 Å². The van der Waals surface area contributed by atoms with Gasteiger partial charge in [-0.25, -0.2) is 9.13 Å². The first kappa shape index (κ1) is 94.1. The minimum Gasteiger partial charge on any atom is -0.462 e. The van der Waals surface area contributed by atoms with Gasteiger partial charge in [-0.3, -0.25) is 37.3 Å². The smallest absolute Gasteiger partial charge is 0.462 e. The van der Waals surface area contributed by atoms with E-state index in [4.69, 9.17) is 37.0 Å². The van der Waals surface area contributed by atoms with Crippen molar-refractivity contribution < 1.29 is 80.2 Å². The minimum absolute atomic E-state index is 0.104. The summed E-state index contributed by atoms with van der Waals surface area (Å²) in [4.78, 5) is 72.8. The molecule has 0 bridgehead atoms. The largest absolute Gasteiger partial charge is 0.472 e. The van der Waals surface area contributed by atoms with Crippen LogP contribution in [-0.2, 0) is 65.4 Å². The lowest BCUT2D eigenvalue weighted by atomic mass is 10.0. The van der Waals surface area contributed by atoms with Gasteiger partial charge >= 0.3 is 39.5 Å². The van der Waals surface area contributed by atoms with Gasteiger partial charge in [-0.2, -0.15) is 0 Å². The van der Waals surface area contributed by atoms with E-state index in [-0.39, 0.29) is 25.7 Å². The summed E-state index contributed by atoms with van der Waals surface area (Å²) in [5.41, 5.74) is 0. The second-order valence-electron chi connectivity index (χ2n) is 28.7. The number of phosphoric acid groups is 2. The molecule has 0 aliphatic heterocycles. The third-order valence-corrected chi connectivity index (χ3v) is 19.9. The van der Waals surface area contributed by atoms with Crippen LogP contribution in [0.3, 0.4) is 0 Å². The monoisotopic (exact) mass is 1410 g/mol. The third kappa shape index (κ3) is 70.5. The Morgan fingerprint density at radius 1 is 0.281 bits per heavy atom. The number of ether oxygens (including phenoxy) is 4. The Kier molecular flexibility index (Phi) is 67.4. The van der Waals surface area contributed by atoms with E-state index >= 15 is 0 Å². The van der Waals surface area contributed by atoms with Crippen molar-refractivity contribution in [1.82, 2.24) is 0 Å². The number of esters is 4. The van der Waals surface area contributed by atoms with E-state index in [1.807, 2.05) is 0 Å². The van der Waals surface area contributed by atoms with Gasteiger partial charge in [0.1, 0.15) is 19.3 Å². The minimum atomic E-state index is -4.96. The van der Waals surface area contributed by atoms with Crippen molar-refractivity contribution in [3.05, 3.63) is 0 Å². The molecule has 0 aliphatic carbocycles. The molecule has 96 heavy (non-hydrogen) atoms. The molecule has 0 aromatic rings. The fourth-order valence-electron chi connectivity index (χ4n) is 11.8. The maximum Gasteiger partial charge on any atom is 0.472 e. The number of hydrogen-bond donors (Lipinski definition) is 3. The summed E-state index contributed by atoms with van der Waals surface area (Å²) in [5, 5.41) is 10.6. The van der Waals surface area contributed by atoms with E-state index in [2.05, 4.69) is 41.5 Å². The number of phosphoric ester groups is 2. The van der Waals surface area contributed by atoms with Gasteiger partial charge in [0.15, 0.2) is 12.2 Å². The standard InChI is InChI=1S/C77H150O17P2/c1-7-9-11-13-15-17-19-20-21-22-23-26-29-32-36-42-48-54-60-75(80)88-65-72(93-76(81)61-55-49-43-37-33-30-27-24-25-28-31-34-39-45-51-57-69(3)4)67-91-95(83,84)89-63-71(78)64-90-96(85,86)92-68-73(94-77(82)62-56-50-44-38-40-46-52-58-70(5)6)66-87-74(79)59-53-47-41-35-18-16-14-12-10-8-2/h69-73,78H,7-68H2,1-6H3,(H,83,84)(H,85,86)/t71-,72-,73-/m1/s1. The number of aliphatic hydroxyl groups is 1. The highest BCUT2D eigenvalue weighted by Gasteiger charge is 2.30. The fourth-order valence-corrected chi connectivity index (χ4v) is 13.4. The van der Waals surface area contributed by atoms with Gasteiger partial charge in [0, 0.05) is 25.7 Å². The van der Waals surface area contributed by atoms with Crippen LogP contribution in [0.4, 0.5) is 0 Å². The summed E-state index contributed by atoms with van der Waals surface area (Å²) < 4.78 is 68.5. The quantitative estimate of drug-likeness (QED) is 0.0222. The highest BCUT2D eigenvalue weighted by Crippen LogP contribution is 2.45. The van der Waals surface area contributed by atoms with Gasteiger partial charge in [-0.05, 0) is 37.5 Å². The number of unbranched alkanes of at least 4 members (excludes halogenated alkanes) is 46. The summed E-state index contributed by atoms with van der Waals surface area (Å²) in [6.07, 6.45) is 57.0. The summed E-state index contributed by atoms with van der Waals surface area (Å²) in [6, 6.07) is 0. The molecule has 19 heteroatoms. The van der Waals surface area contributed by atoms with Gasteiger partial charge in [0.25, 0.3) is 0 Å². The molecule has 0 aromatic heterocycles. The Hall–Kier alpha value is -1.94. The number of rotatable bonds is 76. The highest BCUT2D eigenvalue weighted by atomic mass is 31.2. The average molecular weight is 1410 g/mol. The van der Waals surface area contributed by atoms with E-state index in [1.54, 1.807) is 0 Å². The van der Waals surface area contributed by atoms with Crippen LogP contribution < -0.4 is 0 Å². The number of hydrogen-bond acceptors (Lipinski definition) is 15. The zero-order chi connectivity index (χ0) is 70.7. The average Bonchev–Trinajstić information content (AvgIpc) is 3.02. The molecule has 17 nitrogen and oxygen atoms in total. The molecule has 0 amide bonds. The van der Waals surface area contributed by atoms with Crippen molar-refractivity contribution in [1.29, 1.82) is 0 Å². The van der Waals surface area contributed by atoms with Crippen LogP contribution in [0.15, 0.2) is 0 Å². The van der Waals surface area contributed by atoms with E-state index in [1.165, 1.54) is 218 Å². The van der Waals surface area contributed by atoms with Crippen molar-refractivity contribution in [3.63, 3.8) is 0 Å². The first-order chi connectivity index (χ1) is 46.4. The van der Waals surface area contributed by atoms with E-state index < -0.39 is 97.5 Å². The Balaban J connectivity index is 5.21. The molecule has 3 N–H and O–H groups in total. The third-order valence-electron chi connectivity index (χ3n) is 18.0. The Morgan fingerprint density at radius 2 is 0.479 bits per heavy atom. The second-order valence-corrected chi connectivity index (χ2v) is 31.6. The van der Waals surface area contributed by atoms with Gasteiger partial charge < -0.3 is 33.8 Å². The van der Waals surface area contributed by atoms with E-state index in [0.717, 1.165) is 95.8 Å². The highest BCUT2D eigenvalue weighted by molar-refractivity contribution is 7.47. The maximum absolute atomic E-state index is 13.1. The first-order valence-electron chi connectivity index (χ1n) is 40.0. The van der Waals surface area contributed by atoms with E-state index in [9.17, 15) is 43.2 Å². The predicted molar refractivity (Wildman–Crippen MR) is 391 cm³/mol. The van der Waals surface area contributed by atoms with Gasteiger partial charge in [0.2, 0.25) is 0 Å². The molecule has 0 saturated carbocycles. The van der Waals surface area contributed by atoms with Crippen molar-refractivity contribution in [3.8, 4) is 0 Å². The Labute approximate surface area is 588 Å². The normalized spacial score (nSPS) is 14.0. The predicted octanol–water partition coefficient (Wildman–Crippen LogP) is 22.7. The molecular formula is C77H150O17P2. The summed E-state index contributed by atoms with van der Waals surface area (Å²) in [6.45, 7) is 9.56.